The second kappa shape index (κ2) is 12.9. The average molecular weight is 466 g/mol. The van der Waals surface area contributed by atoms with E-state index in [9.17, 15) is 14.4 Å². The summed E-state index contributed by atoms with van der Waals surface area (Å²) in [6.07, 6.45) is 4.35. The first-order valence-electron chi connectivity index (χ1n) is 12.1. The van der Waals surface area contributed by atoms with Crippen molar-refractivity contribution in [3.63, 3.8) is 0 Å². The van der Waals surface area contributed by atoms with Gasteiger partial charge < -0.3 is 10.2 Å². The molecule has 2 aromatic rings. The van der Waals surface area contributed by atoms with Crippen LogP contribution in [0, 0.1) is 11.8 Å². The molecule has 7 nitrogen and oxygen atoms in total. The second-order valence-corrected chi connectivity index (χ2v) is 8.94. The number of benzene rings is 2. The molecule has 3 N–H and O–H groups in total. The summed E-state index contributed by atoms with van der Waals surface area (Å²) in [6, 6.07) is 18.9. The van der Waals surface area contributed by atoms with Gasteiger partial charge in [-0.05, 0) is 43.7 Å². The Kier molecular flexibility index (Phi) is 9.64. The minimum absolute atomic E-state index is 0.101. The number of nitrogens with zero attached hydrogens (tertiary/aromatic N) is 1. The third kappa shape index (κ3) is 6.90. The van der Waals surface area contributed by atoms with Crippen molar-refractivity contribution < 1.29 is 19.6 Å². The van der Waals surface area contributed by atoms with E-state index >= 15 is 0 Å². The minimum Gasteiger partial charge on any atom is -0.356 e. The highest BCUT2D eigenvalue weighted by Gasteiger charge is 2.39. The van der Waals surface area contributed by atoms with Gasteiger partial charge in [0.15, 0.2) is 0 Å². The summed E-state index contributed by atoms with van der Waals surface area (Å²) in [7, 11) is 0. The van der Waals surface area contributed by atoms with Crippen molar-refractivity contribution in [3.8, 4) is 0 Å². The molecule has 1 saturated carbocycles. The van der Waals surface area contributed by atoms with E-state index in [4.69, 9.17) is 5.21 Å². The van der Waals surface area contributed by atoms with E-state index in [1.807, 2.05) is 60.7 Å². The summed E-state index contributed by atoms with van der Waals surface area (Å²) >= 11 is 0. The number of nitrogens with one attached hydrogen (secondary N) is 2. The summed E-state index contributed by atoms with van der Waals surface area (Å²) in [4.78, 5) is 40.5. The highest BCUT2D eigenvalue weighted by atomic mass is 16.5. The van der Waals surface area contributed by atoms with Gasteiger partial charge in [-0.1, -0.05) is 73.5 Å². The van der Waals surface area contributed by atoms with Crippen molar-refractivity contribution in [1.29, 1.82) is 0 Å². The van der Waals surface area contributed by atoms with Crippen molar-refractivity contribution in [3.05, 3.63) is 71.8 Å². The molecular formula is C27H35N3O4. The molecule has 0 saturated heterocycles. The highest BCUT2D eigenvalue weighted by molar-refractivity contribution is 5.91. The van der Waals surface area contributed by atoms with Crippen LogP contribution in [0.5, 0.6) is 0 Å². The van der Waals surface area contributed by atoms with Crippen LogP contribution in [0.25, 0.3) is 0 Å². The Balaban J connectivity index is 1.68. The summed E-state index contributed by atoms with van der Waals surface area (Å²) in [5, 5.41) is 12.2. The van der Waals surface area contributed by atoms with E-state index in [0.717, 1.165) is 30.4 Å². The monoisotopic (exact) mass is 465 g/mol. The lowest BCUT2D eigenvalue weighted by Gasteiger charge is -2.36. The number of carbonyl (C=O) groups is 3. The van der Waals surface area contributed by atoms with Gasteiger partial charge in [-0.3, -0.25) is 19.6 Å². The molecule has 1 aliphatic rings. The number of carbonyl (C=O) groups excluding carboxylic acids is 3. The first-order valence-corrected chi connectivity index (χ1v) is 12.1. The Hall–Kier alpha value is -3.19. The molecular weight excluding hydrogens is 430 g/mol. The third-order valence-corrected chi connectivity index (χ3v) is 6.70. The zero-order valence-electron chi connectivity index (χ0n) is 19.8. The zero-order valence-corrected chi connectivity index (χ0v) is 19.8. The van der Waals surface area contributed by atoms with Gasteiger partial charge in [0.1, 0.15) is 6.04 Å². The molecule has 1 aliphatic carbocycles. The van der Waals surface area contributed by atoms with Crippen LogP contribution >= 0.6 is 0 Å². The topological polar surface area (TPSA) is 98.7 Å². The molecule has 3 amide bonds. The maximum atomic E-state index is 13.7. The first kappa shape index (κ1) is 25.4. The normalized spacial score (nSPS) is 18.5. The fourth-order valence-corrected chi connectivity index (χ4v) is 4.68. The summed E-state index contributed by atoms with van der Waals surface area (Å²) < 4.78 is 0. The smallest absolute Gasteiger partial charge is 0.265 e. The largest absolute Gasteiger partial charge is 0.356 e. The maximum Gasteiger partial charge on any atom is 0.265 e. The van der Waals surface area contributed by atoms with Gasteiger partial charge in [-0.2, -0.15) is 0 Å². The van der Waals surface area contributed by atoms with Gasteiger partial charge in [-0.15, -0.1) is 0 Å². The first-order chi connectivity index (χ1) is 16.5. The molecule has 1 fully saturated rings. The second-order valence-electron chi connectivity index (χ2n) is 8.94. The van der Waals surface area contributed by atoms with Gasteiger partial charge in [0, 0.05) is 24.9 Å². The number of hydroxylamine groups is 1. The van der Waals surface area contributed by atoms with Gasteiger partial charge >= 0.3 is 0 Å². The average Bonchev–Trinajstić information content (AvgIpc) is 2.89. The fourth-order valence-electron chi connectivity index (χ4n) is 4.68. The van der Waals surface area contributed by atoms with Crippen LogP contribution in [0.2, 0.25) is 0 Å². The number of amides is 3. The Morgan fingerprint density at radius 3 is 2.06 bits per heavy atom. The van der Waals surface area contributed by atoms with E-state index in [-0.39, 0.29) is 11.8 Å². The molecule has 0 aromatic heterocycles. The minimum atomic E-state index is -0.843. The van der Waals surface area contributed by atoms with Crippen LogP contribution < -0.4 is 10.8 Å². The van der Waals surface area contributed by atoms with Crippen molar-refractivity contribution >= 4 is 17.7 Å². The molecule has 0 aliphatic heterocycles. The number of rotatable bonds is 10. The zero-order chi connectivity index (χ0) is 24.3. The summed E-state index contributed by atoms with van der Waals surface area (Å²) in [6.45, 7) is 2.45. The molecule has 2 aromatic carbocycles. The van der Waals surface area contributed by atoms with E-state index in [1.165, 1.54) is 4.90 Å². The van der Waals surface area contributed by atoms with Crippen LogP contribution in [0.1, 0.15) is 43.7 Å². The van der Waals surface area contributed by atoms with Crippen LogP contribution in [-0.2, 0) is 27.2 Å². The van der Waals surface area contributed by atoms with Crippen LogP contribution in [0.3, 0.4) is 0 Å². The van der Waals surface area contributed by atoms with Crippen LogP contribution in [0.15, 0.2) is 60.7 Å². The van der Waals surface area contributed by atoms with E-state index in [0.29, 0.717) is 32.4 Å². The van der Waals surface area contributed by atoms with Crippen LogP contribution in [0.4, 0.5) is 0 Å². The lowest BCUT2D eigenvalue weighted by Crippen LogP contribution is -2.52. The predicted octanol–water partition coefficient (Wildman–Crippen LogP) is 3.12. The molecule has 182 valence electrons. The number of hydrogen-bond acceptors (Lipinski definition) is 4. The van der Waals surface area contributed by atoms with E-state index in [2.05, 4.69) is 5.32 Å². The molecule has 34 heavy (non-hydrogen) atoms. The SMILES string of the molecule is C[C@H](C(=O)NO)N(CCc1ccccc1)C(=O)[C@@H]1CCCC[C@H]1C(=O)NCCc1ccccc1. The van der Waals surface area contributed by atoms with E-state index in [1.54, 1.807) is 12.4 Å². The Morgan fingerprint density at radius 2 is 1.47 bits per heavy atom. The van der Waals surface area contributed by atoms with E-state index < -0.39 is 23.8 Å². The van der Waals surface area contributed by atoms with Gasteiger partial charge in [-0.25, -0.2) is 5.48 Å². The molecule has 0 unspecified atom stereocenters. The Morgan fingerprint density at radius 1 is 0.912 bits per heavy atom. The fraction of sp³-hybridized carbons (Fsp3) is 0.444. The third-order valence-electron chi connectivity index (χ3n) is 6.70. The highest BCUT2D eigenvalue weighted by Crippen LogP contribution is 2.32. The Labute approximate surface area is 201 Å². The van der Waals surface area contributed by atoms with Crippen LogP contribution in [-0.4, -0.2) is 47.0 Å². The molecule has 7 heteroatoms. The van der Waals surface area contributed by atoms with Crippen molar-refractivity contribution in [1.82, 2.24) is 15.7 Å². The predicted molar refractivity (Wildman–Crippen MR) is 130 cm³/mol. The molecule has 3 rings (SSSR count). The van der Waals surface area contributed by atoms with Crippen molar-refractivity contribution in [2.45, 2.75) is 51.5 Å². The quantitative estimate of drug-likeness (QED) is 0.371. The molecule has 3 atom stereocenters. The summed E-state index contributed by atoms with van der Waals surface area (Å²) in [5.74, 6) is -1.83. The maximum absolute atomic E-state index is 13.7. The van der Waals surface area contributed by atoms with Gasteiger partial charge in [0.25, 0.3) is 5.91 Å². The summed E-state index contributed by atoms with van der Waals surface area (Å²) in [5.41, 5.74) is 3.87. The lowest BCUT2D eigenvalue weighted by molar-refractivity contribution is -0.150. The van der Waals surface area contributed by atoms with Crippen molar-refractivity contribution in [2.24, 2.45) is 11.8 Å². The van der Waals surface area contributed by atoms with Crippen molar-refractivity contribution in [2.75, 3.05) is 13.1 Å². The standard InChI is InChI=1S/C27H35N3O4/c1-20(25(31)29-34)30(19-17-22-12-6-3-7-13-22)27(33)24-15-9-8-14-23(24)26(32)28-18-16-21-10-4-2-5-11-21/h2-7,10-13,20,23-24,34H,8-9,14-19H2,1H3,(H,28,32)(H,29,31)/t20-,23-,24-/m1/s1. The Bertz CT molecular complexity index is 935. The number of hydrogen-bond donors (Lipinski definition) is 3. The molecule has 0 spiro atoms. The molecule has 0 heterocycles. The van der Waals surface area contributed by atoms with Gasteiger partial charge in [0.2, 0.25) is 11.8 Å². The molecule has 0 radical (unpaired) electrons. The molecule has 0 bridgehead atoms. The van der Waals surface area contributed by atoms with Gasteiger partial charge in [0.05, 0.1) is 0 Å². The lowest BCUT2D eigenvalue weighted by atomic mass is 9.77.